The first-order chi connectivity index (χ1) is 9.19. The second-order valence-electron chi connectivity index (χ2n) is 6.06. The number of nitrogens with zero attached hydrogens (tertiary/aromatic N) is 1. The Bertz CT molecular complexity index is 367. The van der Waals surface area contributed by atoms with Crippen LogP contribution in [0.25, 0.3) is 0 Å². The Labute approximate surface area is 118 Å². The summed E-state index contributed by atoms with van der Waals surface area (Å²) in [6.45, 7) is 7.88. The molecule has 0 aliphatic heterocycles. The zero-order valence-corrected chi connectivity index (χ0v) is 12.7. The van der Waals surface area contributed by atoms with Gasteiger partial charge in [0.25, 0.3) is 0 Å². The first-order valence-electron chi connectivity index (χ1n) is 7.69. The van der Waals surface area contributed by atoms with Crippen LogP contribution in [0, 0.1) is 0 Å². The Morgan fingerprint density at radius 2 is 1.95 bits per heavy atom. The van der Waals surface area contributed by atoms with E-state index >= 15 is 0 Å². The molecule has 0 spiro atoms. The number of rotatable bonds is 8. The molecule has 2 nitrogen and oxygen atoms in total. The molecule has 1 aromatic carbocycles. The molecule has 19 heavy (non-hydrogen) atoms. The molecule has 2 heteroatoms. The van der Waals surface area contributed by atoms with Gasteiger partial charge in [0.05, 0.1) is 0 Å². The van der Waals surface area contributed by atoms with Gasteiger partial charge in [-0.15, -0.1) is 0 Å². The van der Waals surface area contributed by atoms with E-state index in [-0.39, 0.29) is 0 Å². The lowest BCUT2D eigenvalue weighted by atomic mass is 9.99. The van der Waals surface area contributed by atoms with Crippen LogP contribution < -0.4 is 5.32 Å². The van der Waals surface area contributed by atoms with E-state index in [0.717, 1.165) is 19.1 Å². The normalized spacial score (nSPS) is 16.8. The summed E-state index contributed by atoms with van der Waals surface area (Å²) in [7, 11) is 2.19. The van der Waals surface area contributed by atoms with E-state index in [9.17, 15) is 0 Å². The van der Waals surface area contributed by atoms with Crippen LogP contribution in [0.1, 0.15) is 50.2 Å². The van der Waals surface area contributed by atoms with Gasteiger partial charge in [-0.25, -0.2) is 0 Å². The highest BCUT2D eigenvalue weighted by Crippen LogP contribution is 2.21. The summed E-state index contributed by atoms with van der Waals surface area (Å²) in [4.78, 5) is 2.38. The van der Waals surface area contributed by atoms with Gasteiger partial charge in [-0.2, -0.15) is 0 Å². The van der Waals surface area contributed by atoms with Gasteiger partial charge in [-0.1, -0.05) is 38.1 Å². The molecule has 0 amide bonds. The maximum atomic E-state index is 3.61. The highest BCUT2D eigenvalue weighted by Gasteiger charge is 2.21. The fraction of sp³-hybridized carbons (Fsp3) is 0.647. The quantitative estimate of drug-likeness (QED) is 0.771. The minimum atomic E-state index is 0.614. The SMILES string of the molecule is CCCN(C)Cc1ccc(C(C)CNC2CC2)cc1. The molecule has 0 heterocycles. The minimum absolute atomic E-state index is 0.614. The Morgan fingerprint density at radius 3 is 2.53 bits per heavy atom. The van der Waals surface area contributed by atoms with Crippen LogP contribution in [-0.2, 0) is 6.54 Å². The van der Waals surface area contributed by atoms with Crippen molar-refractivity contribution in [3.63, 3.8) is 0 Å². The largest absolute Gasteiger partial charge is 0.313 e. The number of nitrogens with one attached hydrogen (secondary N) is 1. The van der Waals surface area contributed by atoms with Crippen molar-refractivity contribution in [2.24, 2.45) is 0 Å². The van der Waals surface area contributed by atoms with Gasteiger partial charge >= 0.3 is 0 Å². The molecule has 1 unspecified atom stereocenters. The second kappa shape index (κ2) is 7.06. The summed E-state index contributed by atoms with van der Waals surface area (Å²) < 4.78 is 0. The molecule has 2 rings (SSSR count). The number of hydrogen-bond acceptors (Lipinski definition) is 2. The van der Waals surface area contributed by atoms with Crippen molar-refractivity contribution in [1.82, 2.24) is 10.2 Å². The molecule has 1 N–H and O–H groups in total. The van der Waals surface area contributed by atoms with Crippen LogP contribution in [0.15, 0.2) is 24.3 Å². The maximum Gasteiger partial charge on any atom is 0.0230 e. The van der Waals surface area contributed by atoms with E-state index in [4.69, 9.17) is 0 Å². The summed E-state index contributed by atoms with van der Waals surface area (Å²) >= 11 is 0. The topological polar surface area (TPSA) is 15.3 Å². The molecule has 0 saturated heterocycles. The third-order valence-corrected chi connectivity index (χ3v) is 3.90. The van der Waals surface area contributed by atoms with Gasteiger partial charge in [-0.3, -0.25) is 0 Å². The highest BCUT2D eigenvalue weighted by molar-refractivity contribution is 5.25. The molecule has 106 valence electrons. The molecule has 1 aromatic rings. The van der Waals surface area contributed by atoms with Crippen molar-refractivity contribution in [2.75, 3.05) is 20.1 Å². The Morgan fingerprint density at radius 1 is 1.26 bits per heavy atom. The van der Waals surface area contributed by atoms with Crippen LogP contribution in [0.5, 0.6) is 0 Å². The monoisotopic (exact) mass is 260 g/mol. The van der Waals surface area contributed by atoms with Crippen molar-refractivity contribution < 1.29 is 0 Å². The summed E-state index contributed by atoms with van der Waals surface area (Å²) in [6, 6.07) is 9.98. The van der Waals surface area contributed by atoms with Gasteiger partial charge in [0.2, 0.25) is 0 Å². The third kappa shape index (κ3) is 4.96. The minimum Gasteiger partial charge on any atom is -0.313 e. The molecular formula is C17H28N2. The van der Waals surface area contributed by atoms with Crippen molar-refractivity contribution in [3.8, 4) is 0 Å². The van der Waals surface area contributed by atoms with E-state index in [1.807, 2.05) is 0 Å². The lowest BCUT2D eigenvalue weighted by Crippen LogP contribution is -2.22. The first kappa shape index (κ1) is 14.5. The molecule has 1 atom stereocenters. The van der Waals surface area contributed by atoms with E-state index in [0.29, 0.717) is 5.92 Å². The lowest BCUT2D eigenvalue weighted by molar-refractivity contribution is 0.327. The van der Waals surface area contributed by atoms with Crippen LogP contribution in [0.4, 0.5) is 0 Å². The zero-order valence-electron chi connectivity index (χ0n) is 12.7. The van der Waals surface area contributed by atoms with Gasteiger partial charge in [0.1, 0.15) is 0 Å². The van der Waals surface area contributed by atoms with Gasteiger partial charge in [0, 0.05) is 19.1 Å². The number of benzene rings is 1. The molecular weight excluding hydrogens is 232 g/mol. The van der Waals surface area contributed by atoms with Crippen LogP contribution in [0.2, 0.25) is 0 Å². The molecule has 0 aromatic heterocycles. The van der Waals surface area contributed by atoms with Crippen LogP contribution in [-0.4, -0.2) is 31.1 Å². The van der Waals surface area contributed by atoms with Crippen molar-refractivity contribution in [2.45, 2.75) is 51.6 Å². The molecule has 0 bridgehead atoms. The average molecular weight is 260 g/mol. The highest BCUT2D eigenvalue weighted by atomic mass is 15.1. The fourth-order valence-corrected chi connectivity index (χ4v) is 2.47. The third-order valence-electron chi connectivity index (χ3n) is 3.90. The van der Waals surface area contributed by atoms with Crippen LogP contribution >= 0.6 is 0 Å². The molecule has 1 fully saturated rings. The Hall–Kier alpha value is -0.860. The zero-order chi connectivity index (χ0) is 13.7. The molecule has 1 aliphatic carbocycles. The first-order valence-corrected chi connectivity index (χ1v) is 7.69. The predicted octanol–water partition coefficient (Wildman–Crippen LogP) is 3.38. The summed E-state index contributed by atoms with van der Waals surface area (Å²) in [5.41, 5.74) is 2.87. The summed E-state index contributed by atoms with van der Waals surface area (Å²) in [6.07, 6.45) is 3.96. The van der Waals surface area contributed by atoms with E-state index in [1.165, 1.54) is 36.9 Å². The van der Waals surface area contributed by atoms with Crippen molar-refractivity contribution in [1.29, 1.82) is 0 Å². The molecule has 0 radical (unpaired) electrons. The van der Waals surface area contributed by atoms with Crippen LogP contribution in [0.3, 0.4) is 0 Å². The second-order valence-corrected chi connectivity index (χ2v) is 6.06. The molecule has 1 aliphatic rings. The average Bonchev–Trinajstić information content (AvgIpc) is 3.21. The fourth-order valence-electron chi connectivity index (χ4n) is 2.47. The van der Waals surface area contributed by atoms with E-state index < -0.39 is 0 Å². The Kier molecular flexibility index (Phi) is 5.41. The van der Waals surface area contributed by atoms with Gasteiger partial charge < -0.3 is 10.2 Å². The van der Waals surface area contributed by atoms with Gasteiger partial charge in [-0.05, 0) is 49.9 Å². The smallest absolute Gasteiger partial charge is 0.0230 e. The summed E-state index contributed by atoms with van der Waals surface area (Å²) in [5.74, 6) is 0.614. The Balaban J connectivity index is 1.82. The predicted molar refractivity (Wildman–Crippen MR) is 82.5 cm³/mol. The van der Waals surface area contributed by atoms with E-state index in [1.54, 1.807) is 0 Å². The maximum absolute atomic E-state index is 3.61. The summed E-state index contributed by atoms with van der Waals surface area (Å²) in [5, 5.41) is 3.61. The molecule has 1 saturated carbocycles. The number of hydrogen-bond donors (Lipinski definition) is 1. The van der Waals surface area contributed by atoms with Crippen molar-refractivity contribution in [3.05, 3.63) is 35.4 Å². The lowest BCUT2D eigenvalue weighted by Gasteiger charge is -2.17. The van der Waals surface area contributed by atoms with Crippen molar-refractivity contribution >= 4 is 0 Å². The standard InChI is InChI=1S/C17H28N2/c1-4-11-19(3)13-15-5-7-16(8-6-15)14(2)12-18-17-9-10-17/h5-8,14,17-18H,4,9-13H2,1-3H3. The van der Waals surface area contributed by atoms with Gasteiger partial charge in [0.15, 0.2) is 0 Å². The van der Waals surface area contributed by atoms with E-state index in [2.05, 4.69) is 55.4 Å².